The summed E-state index contributed by atoms with van der Waals surface area (Å²) in [5.74, 6) is 0.907. The van der Waals surface area contributed by atoms with Crippen molar-refractivity contribution in [2.24, 2.45) is 7.05 Å². The van der Waals surface area contributed by atoms with E-state index in [1.807, 2.05) is 42.9 Å². The quantitative estimate of drug-likeness (QED) is 0.468. The highest BCUT2D eigenvalue weighted by Gasteiger charge is 2.01. The number of ether oxygens (including phenoxy) is 1. The molecule has 0 saturated heterocycles. The van der Waals surface area contributed by atoms with Crippen LogP contribution in [0.5, 0.6) is 5.88 Å². The summed E-state index contributed by atoms with van der Waals surface area (Å²) in [5.41, 5.74) is 0. The number of nitrogens with zero attached hydrogens (tertiary/aromatic N) is 1. The summed E-state index contributed by atoms with van der Waals surface area (Å²) < 4.78 is 7.25. The van der Waals surface area contributed by atoms with E-state index in [1.165, 1.54) is 0 Å². The molecule has 1 rings (SSSR count). The van der Waals surface area contributed by atoms with Gasteiger partial charge in [-0.05, 0) is 13.0 Å². The third-order valence-corrected chi connectivity index (χ3v) is 1.30. The van der Waals surface area contributed by atoms with Crippen molar-refractivity contribution in [3.63, 3.8) is 0 Å². The van der Waals surface area contributed by atoms with Gasteiger partial charge in [0.25, 0.3) is 0 Å². The van der Waals surface area contributed by atoms with Gasteiger partial charge < -0.3 is 17.1 Å². The fourth-order valence-corrected chi connectivity index (χ4v) is 0.806. The van der Waals surface area contributed by atoms with E-state index in [2.05, 4.69) is 0 Å². The van der Waals surface area contributed by atoms with Crippen LogP contribution in [0.15, 0.2) is 24.4 Å². The number of hydrogen-bond acceptors (Lipinski definition) is 1. The first-order valence-corrected chi connectivity index (χ1v) is 3.42. The van der Waals surface area contributed by atoms with Crippen molar-refractivity contribution in [3.05, 3.63) is 24.4 Å². The number of pyridine rings is 1. The molecule has 3 heteroatoms. The molecule has 1 aromatic rings. The van der Waals surface area contributed by atoms with Gasteiger partial charge in [-0.2, -0.15) is 4.57 Å². The zero-order valence-corrected chi connectivity index (χ0v) is 7.51. The molecule has 1 aromatic heterocycles. The normalized spacial score (nSPS) is 8.55. The summed E-state index contributed by atoms with van der Waals surface area (Å²) in [6.45, 7) is 2.70. The van der Waals surface area contributed by atoms with Crippen LogP contribution >= 0.6 is 0 Å². The molecule has 11 heavy (non-hydrogen) atoms. The van der Waals surface area contributed by atoms with Gasteiger partial charge in [-0.25, -0.2) is 0 Å². The molecule has 0 unspecified atom stereocenters. The maximum Gasteiger partial charge on any atom is 0.367 e. The van der Waals surface area contributed by atoms with Crippen molar-refractivity contribution >= 4 is 0 Å². The fourth-order valence-electron chi connectivity index (χ4n) is 0.806. The van der Waals surface area contributed by atoms with Crippen LogP contribution in [0.4, 0.5) is 0 Å². The molecule has 0 saturated carbocycles. The summed E-state index contributed by atoms with van der Waals surface area (Å²) in [6.07, 6.45) is 1.96. The molecule has 0 aromatic carbocycles. The molecule has 0 N–H and O–H groups in total. The van der Waals surface area contributed by atoms with Crippen LogP contribution in [0.2, 0.25) is 0 Å². The number of aryl methyl sites for hydroxylation is 1. The van der Waals surface area contributed by atoms with Gasteiger partial charge in [-0.3, -0.25) is 0 Å². The summed E-state index contributed by atoms with van der Waals surface area (Å²) in [7, 11) is 1.96. The van der Waals surface area contributed by atoms with E-state index < -0.39 is 0 Å². The number of rotatable bonds is 2. The lowest BCUT2D eigenvalue weighted by Crippen LogP contribution is -3.00. The second-order valence-electron chi connectivity index (χ2n) is 2.08. The minimum Gasteiger partial charge on any atom is -1.00 e. The third kappa shape index (κ3) is 2.76. The van der Waals surface area contributed by atoms with E-state index in [4.69, 9.17) is 4.74 Å². The topological polar surface area (TPSA) is 13.1 Å². The molecule has 0 spiro atoms. The maximum atomic E-state index is 5.30. The SMILES string of the molecule is CCOc1cccc[n+]1C.[Cl-]. The van der Waals surface area contributed by atoms with Gasteiger partial charge in [0.15, 0.2) is 6.20 Å². The standard InChI is InChI=1S/C8H12NO.ClH/c1-3-10-8-6-4-5-7-9(8)2;/h4-7H,3H2,1-2H3;1H/q+1;/p-1. The Morgan fingerprint density at radius 2 is 2.18 bits per heavy atom. The van der Waals surface area contributed by atoms with Gasteiger partial charge in [0.1, 0.15) is 7.05 Å². The molecule has 2 nitrogen and oxygen atoms in total. The minimum atomic E-state index is 0. The van der Waals surface area contributed by atoms with Crippen molar-refractivity contribution in [3.8, 4) is 5.88 Å². The molecule has 0 atom stereocenters. The molecule has 0 amide bonds. The second kappa shape index (κ2) is 4.97. The molecular weight excluding hydrogens is 162 g/mol. The predicted molar refractivity (Wildman–Crippen MR) is 38.8 cm³/mol. The first kappa shape index (κ1) is 10.2. The van der Waals surface area contributed by atoms with Crippen LogP contribution in [-0.2, 0) is 7.05 Å². The molecule has 1 heterocycles. The van der Waals surface area contributed by atoms with E-state index in [0.29, 0.717) is 0 Å². The van der Waals surface area contributed by atoms with Crippen molar-refractivity contribution in [1.82, 2.24) is 0 Å². The minimum absolute atomic E-state index is 0. The van der Waals surface area contributed by atoms with Gasteiger partial charge in [0, 0.05) is 6.07 Å². The Hall–Kier alpha value is -0.760. The lowest BCUT2D eigenvalue weighted by Gasteiger charge is -1.97. The maximum absolute atomic E-state index is 5.30. The molecule has 0 aliphatic heterocycles. The Labute approximate surface area is 73.2 Å². The van der Waals surface area contributed by atoms with Crippen molar-refractivity contribution in [1.29, 1.82) is 0 Å². The first-order chi connectivity index (χ1) is 4.84. The molecular formula is C8H12ClNO. The molecule has 0 aliphatic carbocycles. The van der Waals surface area contributed by atoms with E-state index in [9.17, 15) is 0 Å². The highest BCUT2D eigenvalue weighted by Crippen LogP contribution is 1.98. The average Bonchev–Trinajstić information content (AvgIpc) is 1.94. The Bertz CT molecular complexity index is 215. The Morgan fingerprint density at radius 1 is 1.45 bits per heavy atom. The molecule has 0 radical (unpaired) electrons. The average molecular weight is 174 g/mol. The summed E-state index contributed by atoms with van der Waals surface area (Å²) in [4.78, 5) is 0. The predicted octanol–water partition coefficient (Wildman–Crippen LogP) is -2.09. The molecule has 0 fully saturated rings. The molecule has 0 aliphatic rings. The van der Waals surface area contributed by atoms with Crippen molar-refractivity contribution in [2.75, 3.05) is 6.61 Å². The van der Waals surface area contributed by atoms with Crippen LogP contribution in [0.1, 0.15) is 6.92 Å². The Balaban J connectivity index is 0.000001000. The van der Waals surface area contributed by atoms with E-state index in [0.717, 1.165) is 12.5 Å². The smallest absolute Gasteiger partial charge is 0.367 e. The van der Waals surface area contributed by atoms with Crippen LogP contribution < -0.4 is 21.7 Å². The zero-order chi connectivity index (χ0) is 7.40. The molecule has 0 bridgehead atoms. The summed E-state index contributed by atoms with van der Waals surface area (Å²) in [6, 6.07) is 5.89. The number of aromatic nitrogens is 1. The fraction of sp³-hybridized carbons (Fsp3) is 0.375. The van der Waals surface area contributed by atoms with Gasteiger partial charge in [0.05, 0.1) is 12.7 Å². The monoisotopic (exact) mass is 173 g/mol. The summed E-state index contributed by atoms with van der Waals surface area (Å²) >= 11 is 0. The van der Waals surface area contributed by atoms with Crippen LogP contribution in [0.3, 0.4) is 0 Å². The lowest BCUT2D eigenvalue weighted by atomic mass is 10.5. The van der Waals surface area contributed by atoms with Gasteiger partial charge in [0.2, 0.25) is 0 Å². The lowest BCUT2D eigenvalue weighted by molar-refractivity contribution is -0.677. The highest BCUT2D eigenvalue weighted by molar-refractivity contribution is 5.01. The van der Waals surface area contributed by atoms with Crippen molar-refractivity contribution < 1.29 is 21.7 Å². The summed E-state index contributed by atoms with van der Waals surface area (Å²) in [5, 5.41) is 0. The largest absolute Gasteiger partial charge is 1.00 e. The van der Waals surface area contributed by atoms with Gasteiger partial charge in [-0.1, -0.05) is 0 Å². The van der Waals surface area contributed by atoms with E-state index >= 15 is 0 Å². The zero-order valence-electron chi connectivity index (χ0n) is 6.75. The van der Waals surface area contributed by atoms with E-state index in [-0.39, 0.29) is 12.4 Å². The van der Waals surface area contributed by atoms with Crippen LogP contribution in [-0.4, -0.2) is 6.61 Å². The highest BCUT2D eigenvalue weighted by atomic mass is 35.5. The van der Waals surface area contributed by atoms with Gasteiger partial charge in [-0.15, -0.1) is 0 Å². The number of hydrogen-bond donors (Lipinski definition) is 0. The Kier molecular flexibility index (Phi) is 4.62. The molecule has 62 valence electrons. The van der Waals surface area contributed by atoms with Crippen LogP contribution in [0.25, 0.3) is 0 Å². The van der Waals surface area contributed by atoms with Crippen molar-refractivity contribution in [2.45, 2.75) is 6.92 Å². The van der Waals surface area contributed by atoms with E-state index in [1.54, 1.807) is 0 Å². The Morgan fingerprint density at radius 3 is 2.73 bits per heavy atom. The number of halogens is 1. The van der Waals surface area contributed by atoms with Crippen LogP contribution in [0, 0.1) is 0 Å². The first-order valence-electron chi connectivity index (χ1n) is 3.42. The second-order valence-corrected chi connectivity index (χ2v) is 2.08. The van der Waals surface area contributed by atoms with Gasteiger partial charge >= 0.3 is 5.88 Å². The third-order valence-electron chi connectivity index (χ3n) is 1.30.